The van der Waals surface area contributed by atoms with E-state index in [1.807, 2.05) is 0 Å². The summed E-state index contributed by atoms with van der Waals surface area (Å²) < 4.78 is 0. The molecule has 1 heterocycles. The molecule has 0 aliphatic carbocycles. The summed E-state index contributed by atoms with van der Waals surface area (Å²) in [6.07, 6.45) is 1.41. The van der Waals surface area contributed by atoms with Gasteiger partial charge in [-0.15, -0.1) is 0 Å². The molecule has 0 aromatic heterocycles. The normalized spacial score (nSPS) is 16.1. The van der Waals surface area contributed by atoms with E-state index >= 15 is 0 Å². The average Bonchev–Trinajstić information content (AvgIpc) is 2.50. The Morgan fingerprint density at radius 2 is 1.76 bits per heavy atom. The fraction of sp³-hybridized carbons (Fsp3) is 0.316. The van der Waals surface area contributed by atoms with Gasteiger partial charge >= 0.3 is 0 Å². The number of Topliss-reactive ketones (excluding diaryl/α,β-unsaturated/α-hetero) is 1. The molecule has 0 amide bonds. The summed E-state index contributed by atoms with van der Waals surface area (Å²) in [5, 5.41) is 0. The third-order valence-corrected chi connectivity index (χ3v) is 4.20. The summed E-state index contributed by atoms with van der Waals surface area (Å²) >= 11 is 0. The first-order chi connectivity index (χ1) is 10.2. The second-order valence-corrected chi connectivity index (χ2v) is 5.83. The number of aryl methyl sites for hydroxylation is 1. The molecule has 3 rings (SSSR count). The van der Waals surface area contributed by atoms with Gasteiger partial charge in [0.2, 0.25) is 0 Å². The quantitative estimate of drug-likeness (QED) is 0.851. The molecule has 0 spiro atoms. The van der Waals surface area contributed by atoms with Gasteiger partial charge in [-0.3, -0.25) is 9.69 Å². The monoisotopic (exact) mass is 279 g/mol. The maximum Gasteiger partial charge on any atom is 0.135 e. The third kappa shape index (κ3) is 3.40. The van der Waals surface area contributed by atoms with E-state index < -0.39 is 0 Å². The van der Waals surface area contributed by atoms with E-state index in [1.165, 1.54) is 22.3 Å². The third-order valence-electron chi connectivity index (χ3n) is 4.20. The van der Waals surface area contributed by atoms with Crippen molar-refractivity contribution in [3.8, 4) is 11.1 Å². The zero-order chi connectivity index (χ0) is 14.7. The number of hydrogen-bond acceptors (Lipinski definition) is 2. The van der Waals surface area contributed by atoms with Crippen molar-refractivity contribution < 1.29 is 4.79 Å². The number of hydrogen-bond donors (Lipinski definition) is 0. The van der Waals surface area contributed by atoms with Crippen LogP contribution in [0, 0.1) is 6.92 Å². The summed E-state index contributed by atoms with van der Waals surface area (Å²) in [6, 6.07) is 17.2. The molecular weight excluding hydrogens is 258 g/mol. The molecule has 1 fully saturated rings. The first-order valence-corrected chi connectivity index (χ1v) is 7.61. The summed E-state index contributed by atoms with van der Waals surface area (Å²) in [4.78, 5) is 13.7. The van der Waals surface area contributed by atoms with Gasteiger partial charge < -0.3 is 0 Å². The minimum atomic E-state index is 0.403. The predicted molar refractivity (Wildman–Crippen MR) is 86.1 cm³/mol. The van der Waals surface area contributed by atoms with Crippen molar-refractivity contribution in [2.75, 3.05) is 13.1 Å². The van der Waals surface area contributed by atoms with Crippen LogP contribution < -0.4 is 0 Å². The molecule has 1 saturated heterocycles. The molecule has 2 aromatic carbocycles. The van der Waals surface area contributed by atoms with Crippen LogP contribution in [0.1, 0.15) is 24.0 Å². The van der Waals surface area contributed by atoms with E-state index in [0.29, 0.717) is 18.6 Å². The topological polar surface area (TPSA) is 20.3 Å². The van der Waals surface area contributed by atoms with Crippen LogP contribution in [0.25, 0.3) is 11.1 Å². The van der Waals surface area contributed by atoms with E-state index in [1.54, 1.807) is 0 Å². The smallest absolute Gasteiger partial charge is 0.135 e. The molecule has 0 unspecified atom stereocenters. The molecule has 0 atom stereocenters. The van der Waals surface area contributed by atoms with Crippen LogP contribution in [-0.2, 0) is 11.3 Å². The zero-order valence-electron chi connectivity index (χ0n) is 12.5. The number of carbonyl (C=O) groups is 1. The van der Waals surface area contributed by atoms with Gasteiger partial charge in [-0.2, -0.15) is 0 Å². The number of carbonyl (C=O) groups excluding carboxylic acids is 1. The summed E-state index contributed by atoms with van der Waals surface area (Å²) in [5.74, 6) is 0.403. The number of ketones is 1. The Bertz CT molecular complexity index is 638. The molecule has 2 heteroatoms. The Morgan fingerprint density at radius 3 is 2.52 bits per heavy atom. The Morgan fingerprint density at radius 1 is 1.00 bits per heavy atom. The molecule has 2 aromatic rings. The summed E-state index contributed by atoms with van der Waals surface area (Å²) in [5.41, 5.74) is 5.20. The van der Waals surface area contributed by atoms with Gasteiger partial charge in [-0.1, -0.05) is 42.5 Å². The van der Waals surface area contributed by atoms with Crippen molar-refractivity contribution in [1.29, 1.82) is 0 Å². The molecule has 21 heavy (non-hydrogen) atoms. The highest BCUT2D eigenvalue weighted by Gasteiger charge is 2.16. The lowest BCUT2D eigenvalue weighted by Gasteiger charge is -2.25. The number of nitrogens with zero attached hydrogens (tertiary/aromatic N) is 1. The van der Waals surface area contributed by atoms with E-state index in [0.717, 1.165) is 19.6 Å². The number of benzene rings is 2. The van der Waals surface area contributed by atoms with Crippen molar-refractivity contribution in [3.63, 3.8) is 0 Å². The molecule has 0 radical (unpaired) electrons. The highest BCUT2D eigenvalue weighted by Crippen LogP contribution is 2.24. The van der Waals surface area contributed by atoms with Gasteiger partial charge in [0, 0.05) is 32.5 Å². The second-order valence-electron chi connectivity index (χ2n) is 5.83. The van der Waals surface area contributed by atoms with Crippen LogP contribution in [-0.4, -0.2) is 23.8 Å². The van der Waals surface area contributed by atoms with Gasteiger partial charge in [0.25, 0.3) is 0 Å². The largest absolute Gasteiger partial charge is 0.300 e. The van der Waals surface area contributed by atoms with Crippen LogP contribution in [0.5, 0.6) is 0 Å². The van der Waals surface area contributed by atoms with E-state index in [4.69, 9.17) is 0 Å². The Labute approximate surface area is 126 Å². The SMILES string of the molecule is Cc1ccccc1-c1cccc(CN2CCC(=O)CC2)c1. The molecule has 0 N–H and O–H groups in total. The predicted octanol–water partition coefficient (Wildman–Crippen LogP) is 3.83. The van der Waals surface area contributed by atoms with Gasteiger partial charge in [0.15, 0.2) is 0 Å². The van der Waals surface area contributed by atoms with Crippen LogP contribution in [0.4, 0.5) is 0 Å². The van der Waals surface area contributed by atoms with Crippen molar-refractivity contribution in [1.82, 2.24) is 4.90 Å². The molecule has 1 aliphatic heterocycles. The fourth-order valence-electron chi connectivity index (χ4n) is 2.95. The van der Waals surface area contributed by atoms with E-state index in [-0.39, 0.29) is 0 Å². The molecule has 2 nitrogen and oxygen atoms in total. The standard InChI is InChI=1S/C19H21NO/c1-15-5-2-3-8-19(15)17-7-4-6-16(13-17)14-20-11-9-18(21)10-12-20/h2-8,13H,9-12,14H2,1H3. The van der Waals surface area contributed by atoms with Crippen molar-refractivity contribution in [2.24, 2.45) is 0 Å². The van der Waals surface area contributed by atoms with Crippen LogP contribution in [0.2, 0.25) is 0 Å². The maximum atomic E-state index is 11.3. The lowest BCUT2D eigenvalue weighted by Crippen LogP contribution is -2.33. The van der Waals surface area contributed by atoms with Crippen LogP contribution in [0.3, 0.4) is 0 Å². The zero-order valence-corrected chi connectivity index (χ0v) is 12.5. The van der Waals surface area contributed by atoms with Gasteiger partial charge in [-0.05, 0) is 35.2 Å². The highest BCUT2D eigenvalue weighted by atomic mass is 16.1. The number of likely N-dealkylation sites (tertiary alicyclic amines) is 1. The minimum Gasteiger partial charge on any atom is -0.300 e. The second kappa shape index (κ2) is 6.23. The van der Waals surface area contributed by atoms with Crippen molar-refractivity contribution in [2.45, 2.75) is 26.3 Å². The molecular formula is C19H21NO. The first-order valence-electron chi connectivity index (χ1n) is 7.61. The summed E-state index contributed by atoms with van der Waals surface area (Å²) in [7, 11) is 0. The van der Waals surface area contributed by atoms with Gasteiger partial charge in [0.1, 0.15) is 5.78 Å². The Kier molecular flexibility index (Phi) is 4.16. The van der Waals surface area contributed by atoms with Crippen molar-refractivity contribution in [3.05, 3.63) is 59.7 Å². The fourth-order valence-corrected chi connectivity index (χ4v) is 2.95. The van der Waals surface area contributed by atoms with Crippen LogP contribution >= 0.6 is 0 Å². The lowest BCUT2D eigenvalue weighted by atomic mass is 9.98. The lowest BCUT2D eigenvalue weighted by molar-refractivity contribution is -0.121. The first kappa shape index (κ1) is 14.0. The summed E-state index contributed by atoms with van der Waals surface area (Å²) in [6.45, 7) is 4.88. The molecule has 0 saturated carbocycles. The number of rotatable bonds is 3. The minimum absolute atomic E-state index is 0.403. The highest BCUT2D eigenvalue weighted by molar-refractivity contribution is 5.79. The Balaban J connectivity index is 1.77. The van der Waals surface area contributed by atoms with Gasteiger partial charge in [-0.25, -0.2) is 0 Å². The van der Waals surface area contributed by atoms with E-state index in [9.17, 15) is 4.79 Å². The molecule has 1 aliphatic rings. The average molecular weight is 279 g/mol. The Hall–Kier alpha value is -1.93. The van der Waals surface area contributed by atoms with Gasteiger partial charge in [0.05, 0.1) is 0 Å². The number of piperidine rings is 1. The molecule has 0 bridgehead atoms. The molecule has 108 valence electrons. The maximum absolute atomic E-state index is 11.3. The van der Waals surface area contributed by atoms with Crippen LogP contribution in [0.15, 0.2) is 48.5 Å². The van der Waals surface area contributed by atoms with E-state index in [2.05, 4.69) is 60.4 Å². The van der Waals surface area contributed by atoms with Crippen molar-refractivity contribution >= 4 is 5.78 Å².